The number of nitrogens with zero attached hydrogens (tertiary/aromatic N) is 2. The number of carbonyl (C=O) groups is 1. The van der Waals surface area contributed by atoms with Gasteiger partial charge in [-0.15, -0.1) is 0 Å². The molecule has 0 spiro atoms. The molecule has 1 N–H and O–H groups in total. The Hall–Kier alpha value is -2.73. The average molecular weight is 355 g/mol. The van der Waals surface area contributed by atoms with Crippen LogP contribution in [0.4, 0.5) is 21.5 Å². The highest BCUT2D eigenvalue weighted by atomic mass is 19.1. The molecule has 0 aromatic heterocycles. The minimum Gasteiger partial charge on any atom is -0.383 e. The first-order chi connectivity index (χ1) is 12.6. The number of fused-ring (bicyclic) bond motifs is 1. The third-order valence-corrected chi connectivity index (χ3v) is 4.44. The second-order valence-corrected chi connectivity index (χ2v) is 6.04. The van der Waals surface area contributed by atoms with Crippen molar-refractivity contribution in [3.63, 3.8) is 0 Å². The molecule has 2 aromatic rings. The predicted molar refractivity (Wildman–Crippen MR) is 102 cm³/mol. The molecule has 2 aromatic carbocycles. The first-order valence-electron chi connectivity index (χ1n) is 8.61. The molecule has 26 heavy (non-hydrogen) atoms. The number of rotatable bonds is 7. The molecule has 0 fully saturated rings. The Morgan fingerprint density at radius 1 is 1.27 bits per heavy atom. The number of amides is 1. The van der Waals surface area contributed by atoms with Crippen LogP contribution in [-0.4, -0.2) is 38.9 Å². The van der Waals surface area contributed by atoms with Crippen LogP contribution in [0.3, 0.4) is 0 Å². The van der Waals surface area contributed by atoms with Gasteiger partial charge in [-0.3, -0.25) is 9.79 Å². The molecular weight excluding hydrogens is 333 g/mol. The number of carbonyl (C=O) groups excluding carboxylic acids is 1. The van der Waals surface area contributed by atoms with Crippen LogP contribution >= 0.6 is 0 Å². The lowest BCUT2D eigenvalue weighted by molar-refractivity contribution is -0.115. The van der Waals surface area contributed by atoms with Gasteiger partial charge in [0, 0.05) is 43.4 Å². The van der Waals surface area contributed by atoms with Gasteiger partial charge >= 0.3 is 0 Å². The number of halogens is 1. The van der Waals surface area contributed by atoms with Crippen LogP contribution in [0.2, 0.25) is 0 Å². The summed E-state index contributed by atoms with van der Waals surface area (Å²) in [4.78, 5) is 18.7. The number of likely N-dealkylation sites (N-methyl/N-ethyl adjacent to an activating group) is 1. The largest absolute Gasteiger partial charge is 0.383 e. The Balaban J connectivity index is 1.75. The third kappa shape index (κ3) is 3.75. The summed E-state index contributed by atoms with van der Waals surface area (Å²) < 4.78 is 19.2. The topological polar surface area (TPSA) is 53.9 Å². The van der Waals surface area contributed by atoms with Gasteiger partial charge in [0.1, 0.15) is 11.7 Å². The van der Waals surface area contributed by atoms with Gasteiger partial charge in [-0.05, 0) is 43.3 Å². The Bertz CT molecular complexity index is 805. The van der Waals surface area contributed by atoms with Crippen LogP contribution in [0.25, 0.3) is 0 Å². The van der Waals surface area contributed by atoms with E-state index in [0.717, 1.165) is 18.8 Å². The fourth-order valence-corrected chi connectivity index (χ4v) is 3.03. The maximum absolute atomic E-state index is 14.1. The number of methoxy groups -OCH3 is 1. The van der Waals surface area contributed by atoms with Crippen molar-refractivity contribution in [1.82, 2.24) is 0 Å². The van der Waals surface area contributed by atoms with Crippen molar-refractivity contribution in [2.75, 3.05) is 37.0 Å². The first-order valence-corrected chi connectivity index (χ1v) is 8.61. The van der Waals surface area contributed by atoms with E-state index in [1.807, 2.05) is 24.3 Å². The van der Waals surface area contributed by atoms with Crippen LogP contribution in [-0.2, 0) is 9.53 Å². The van der Waals surface area contributed by atoms with Crippen molar-refractivity contribution in [3.05, 3.63) is 53.8 Å². The average Bonchev–Trinajstić information content (AvgIpc) is 2.98. The Morgan fingerprint density at radius 3 is 2.73 bits per heavy atom. The standard InChI is InChI=1S/C20H22FN3O2/c1-3-24(11-12-26-2)15-9-7-14(8-10-15)22-13-16-19-17(21)5-4-6-18(19)23-20(16)25/h4-10,13,16H,3,11-12H2,1-2H3,(H,23,25). The number of aliphatic imine (C=N–C) groups is 1. The molecule has 0 radical (unpaired) electrons. The maximum atomic E-state index is 14.1. The van der Waals surface area contributed by atoms with Gasteiger partial charge in [0.25, 0.3) is 0 Å². The summed E-state index contributed by atoms with van der Waals surface area (Å²) in [6.45, 7) is 4.44. The normalized spacial score (nSPS) is 16.0. The second-order valence-electron chi connectivity index (χ2n) is 6.04. The fourth-order valence-electron chi connectivity index (χ4n) is 3.03. The fraction of sp³-hybridized carbons (Fsp3) is 0.300. The number of benzene rings is 2. The Kier molecular flexibility index (Phi) is 5.63. The van der Waals surface area contributed by atoms with E-state index in [1.54, 1.807) is 19.2 Å². The summed E-state index contributed by atoms with van der Waals surface area (Å²) in [6, 6.07) is 12.4. The number of hydrogen-bond acceptors (Lipinski definition) is 4. The third-order valence-electron chi connectivity index (χ3n) is 4.44. The molecule has 1 aliphatic heterocycles. The molecule has 0 saturated carbocycles. The quantitative estimate of drug-likeness (QED) is 0.770. The molecule has 0 saturated heterocycles. The van der Waals surface area contributed by atoms with Gasteiger partial charge in [-0.1, -0.05) is 6.07 Å². The monoisotopic (exact) mass is 355 g/mol. The maximum Gasteiger partial charge on any atom is 0.237 e. The van der Waals surface area contributed by atoms with E-state index in [9.17, 15) is 9.18 Å². The minimum absolute atomic E-state index is 0.262. The predicted octanol–water partition coefficient (Wildman–Crippen LogP) is 3.74. The van der Waals surface area contributed by atoms with Crippen molar-refractivity contribution in [1.29, 1.82) is 0 Å². The van der Waals surface area contributed by atoms with E-state index in [0.29, 0.717) is 23.5 Å². The van der Waals surface area contributed by atoms with E-state index in [4.69, 9.17) is 4.74 Å². The van der Waals surface area contributed by atoms with Gasteiger partial charge in [0.15, 0.2) is 0 Å². The van der Waals surface area contributed by atoms with Gasteiger partial charge in [0.2, 0.25) is 5.91 Å². The molecule has 0 aliphatic carbocycles. The van der Waals surface area contributed by atoms with E-state index in [1.165, 1.54) is 12.3 Å². The van der Waals surface area contributed by atoms with Crippen LogP contribution in [0, 0.1) is 5.82 Å². The molecular formula is C20H22FN3O2. The molecule has 136 valence electrons. The van der Waals surface area contributed by atoms with Crippen molar-refractivity contribution in [2.24, 2.45) is 4.99 Å². The second kappa shape index (κ2) is 8.10. The molecule has 1 atom stereocenters. The van der Waals surface area contributed by atoms with Gasteiger partial charge in [0.05, 0.1) is 12.3 Å². The summed E-state index contributed by atoms with van der Waals surface area (Å²) in [6.07, 6.45) is 1.50. The van der Waals surface area contributed by atoms with Crippen molar-refractivity contribution in [3.8, 4) is 0 Å². The zero-order valence-electron chi connectivity index (χ0n) is 14.9. The lowest BCUT2D eigenvalue weighted by Crippen LogP contribution is -2.26. The van der Waals surface area contributed by atoms with Crippen LogP contribution in [0.1, 0.15) is 18.4 Å². The first kappa shape index (κ1) is 18.1. The van der Waals surface area contributed by atoms with E-state index < -0.39 is 11.7 Å². The van der Waals surface area contributed by atoms with Gasteiger partial charge < -0.3 is 15.0 Å². The molecule has 3 rings (SSSR count). The van der Waals surface area contributed by atoms with Crippen molar-refractivity contribution < 1.29 is 13.9 Å². The van der Waals surface area contributed by atoms with Crippen LogP contribution < -0.4 is 10.2 Å². The molecule has 1 amide bonds. The molecule has 0 bridgehead atoms. The van der Waals surface area contributed by atoms with Gasteiger partial charge in [-0.25, -0.2) is 4.39 Å². The number of nitrogens with one attached hydrogen (secondary N) is 1. The van der Waals surface area contributed by atoms with Crippen LogP contribution in [0.15, 0.2) is 47.5 Å². The highest BCUT2D eigenvalue weighted by molar-refractivity contribution is 6.12. The Labute approximate surface area is 152 Å². The Morgan fingerprint density at radius 2 is 2.04 bits per heavy atom. The smallest absolute Gasteiger partial charge is 0.237 e. The molecule has 1 unspecified atom stereocenters. The lowest BCUT2D eigenvalue weighted by Gasteiger charge is -2.22. The van der Waals surface area contributed by atoms with E-state index in [2.05, 4.69) is 22.1 Å². The van der Waals surface area contributed by atoms with Crippen molar-refractivity contribution >= 4 is 29.2 Å². The molecule has 5 nitrogen and oxygen atoms in total. The van der Waals surface area contributed by atoms with E-state index >= 15 is 0 Å². The summed E-state index contributed by atoms with van der Waals surface area (Å²) in [5.74, 6) is -1.37. The summed E-state index contributed by atoms with van der Waals surface area (Å²) in [7, 11) is 1.69. The molecule has 6 heteroatoms. The highest BCUT2D eigenvalue weighted by Crippen LogP contribution is 2.33. The van der Waals surface area contributed by atoms with E-state index in [-0.39, 0.29) is 5.91 Å². The minimum atomic E-state index is -0.709. The molecule has 1 heterocycles. The SMILES string of the molecule is CCN(CCOC)c1ccc(N=CC2C(=O)Nc3cccc(F)c32)cc1. The summed E-state index contributed by atoms with van der Waals surface area (Å²) in [5, 5.41) is 2.69. The van der Waals surface area contributed by atoms with Crippen molar-refractivity contribution in [2.45, 2.75) is 12.8 Å². The summed E-state index contributed by atoms with van der Waals surface area (Å²) >= 11 is 0. The highest BCUT2D eigenvalue weighted by Gasteiger charge is 2.31. The number of hydrogen-bond donors (Lipinski definition) is 1. The summed E-state index contributed by atoms with van der Waals surface area (Å²) in [5.41, 5.74) is 2.67. The zero-order valence-corrected chi connectivity index (χ0v) is 14.9. The molecule has 1 aliphatic rings. The van der Waals surface area contributed by atoms with Crippen LogP contribution in [0.5, 0.6) is 0 Å². The lowest BCUT2D eigenvalue weighted by atomic mass is 10.0. The number of anilines is 2. The van der Waals surface area contributed by atoms with Gasteiger partial charge in [-0.2, -0.15) is 0 Å². The zero-order chi connectivity index (χ0) is 18.5. The number of ether oxygens (including phenoxy) is 1.